The molecule has 0 bridgehead atoms. The first-order chi connectivity index (χ1) is 14.2. The van der Waals surface area contributed by atoms with Crippen LogP contribution in [0.4, 0.5) is 0 Å². The first kappa shape index (κ1) is 18.5. The van der Waals surface area contributed by atoms with Gasteiger partial charge in [-0.2, -0.15) is 0 Å². The van der Waals surface area contributed by atoms with Gasteiger partial charge in [-0.3, -0.25) is 9.36 Å². The van der Waals surface area contributed by atoms with E-state index in [4.69, 9.17) is 4.42 Å². The number of benzene rings is 1. The Morgan fingerprint density at radius 3 is 2.69 bits per heavy atom. The molecule has 0 saturated heterocycles. The molecule has 1 aromatic carbocycles. The molecule has 150 valence electrons. The van der Waals surface area contributed by atoms with Crippen molar-refractivity contribution in [1.29, 1.82) is 0 Å². The van der Waals surface area contributed by atoms with Crippen molar-refractivity contribution < 1.29 is 9.21 Å². The van der Waals surface area contributed by atoms with E-state index < -0.39 is 0 Å². The number of nitrogens with zero attached hydrogens (tertiary/aromatic N) is 3. The van der Waals surface area contributed by atoms with Crippen molar-refractivity contribution in [3.8, 4) is 0 Å². The number of aromatic nitrogens is 3. The predicted octanol–water partition coefficient (Wildman–Crippen LogP) is 3.74. The van der Waals surface area contributed by atoms with Crippen LogP contribution in [0.5, 0.6) is 0 Å². The maximum atomic E-state index is 12.5. The van der Waals surface area contributed by atoms with E-state index in [0.29, 0.717) is 24.8 Å². The van der Waals surface area contributed by atoms with Gasteiger partial charge in [-0.05, 0) is 43.4 Å². The number of rotatable bonds is 9. The van der Waals surface area contributed by atoms with Gasteiger partial charge in [0.05, 0.1) is 18.6 Å². The molecule has 2 aliphatic rings. The minimum Gasteiger partial charge on any atom is -0.467 e. The molecule has 2 saturated carbocycles. The van der Waals surface area contributed by atoms with Crippen molar-refractivity contribution in [2.75, 3.05) is 12.3 Å². The van der Waals surface area contributed by atoms with Crippen LogP contribution >= 0.6 is 11.8 Å². The van der Waals surface area contributed by atoms with Gasteiger partial charge in [0, 0.05) is 17.9 Å². The monoisotopic (exact) mass is 408 g/mol. The van der Waals surface area contributed by atoms with E-state index in [-0.39, 0.29) is 11.3 Å². The number of thioether (sulfide) groups is 1. The van der Waals surface area contributed by atoms with Crippen LogP contribution in [0.1, 0.15) is 48.7 Å². The zero-order chi connectivity index (χ0) is 19.7. The van der Waals surface area contributed by atoms with Crippen LogP contribution in [0, 0.1) is 0 Å². The van der Waals surface area contributed by atoms with E-state index in [1.807, 2.05) is 18.2 Å². The standard InChI is InChI=1S/C22H24N4O2S/c27-19(23-15-22(10-11-22)17-5-2-1-3-6-17)14-29-21-25-24-20(16-8-9-16)26(21)13-18-7-4-12-28-18/h1-7,12,16H,8-11,13-15H2,(H,23,27). The van der Waals surface area contributed by atoms with Gasteiger partial charge >= 0.3 is 0 Å². The summed E-state index contributed by atoms with van der Waals surface area (Å²) in [5.74, 6) is 2.74. The smallest absolute Gasteiger partial charge is 0.230 e. The van der Waals surface area contributed by atoms with Crippen molar-refractivity contribution in [1.82, 2.24) is 20.1 Å². The number of amides is 1. The molecule has 7 heteroatoms. The molecule has 0 spiro atoms. The summed E-state index contributed by atoms with van der Waals surface area (Å²) in [6, 6.07) is 14.3. The summed E-state index contributed by atoms with van der Waals surface area (Å²) in [5.41, 5.74) is 1.44. The van der Waals surface area contributed by atoms with Gasteiger partial charge in [0.15, 0.2) is 5.16 Å². The number of hydrogen-bond acceptors (Lipinski definition) is 5. The Kier molecular flexibility index (Phi) is 4.91. The average molecular weight is 409 g/mol. The third kappa shape index (κ3) is 4.10. The van der Waals surface area contributed by atoms with E-state index in [2.05, 4.69) is 44.3 Å². The van der Waals surface area contributed by atoms with Crippen LogP contribution in [-0.4, -0.2) is 33.0 Å². The summed E-state index contributed by atoms with van der Waals surface area (Å²) >= 11 is 1.45. The van der Waals surface area contributed by atoms with E-state index in [9.17, 15) is 4.79 Å². The minimum atomic E-state index is 0.0396. The van der Waals surface area contributed by atoms with Gasteiger partial charge < -0.3 is 9.73 Å². The molecule has 6 nitrogen and oxygen atoms in total. The van der Waals surface area contributed by atoms with E-state index in [1.54, 1.807) is 6.26 Å². The van der Waals surface area contributed by atoms with Gasteiger partial charge in [0.2, 0.25) is 5.91 Å². The van der Waals surface area contributed by atoms with Crippen molar-refractivity contribution in [3.05, 3.63) is 65.9 Å². The molecule has 0 aliphatic heterocycles. The summed E-state index contributed by atoms with van der Waals surface area (Å²) in [4.78, 5) is 12.5. The summed E-state index contributed by atoms with van der Waals surface area (Å²) in [6.07, 6.45) is 6.25. The van der Waals surface area contributed by atoms with Crippen LogP contribution in [0.25, 0.3) is 0 Å². The van der Waals surface area contributed by atoms with Crippen LogP contribution in [0.2, 0.25) is 0 Å². The van der Waals surface area contributed by atoms with E-state index >= 15 is 0 Å². The lowest BCUT2D eigenvalue weighted by molar-refractivity contribution is -0.118. The van der Waals surface area contributed by atoms with Crippen molar-refractivity contribution in [3.63, 3.8) is 0 Å². The van der Waals surface area contributed by atoms with Crippen molar-refractivity contribution in [2.45, 2.75) is 48.7 Å². The first-order valence-corrected chi connectivity index (χ1v) is 11.1. The highest BCUT2D eigenvalue weighted by atomic mass is 32.2. The highest BCUT2D eigenvalue weighted by Crippen LogP contribution is 2.47. The molecule has 0 unspecified atom stereocenters. The lowest BCUT2D eigenvalue weighted by atomic mass is 9.96. The zero-order valence-electron chi connectivity index (χ0n) is 16.2. The van der Waals surface area contributed by atoms with Gasteiger partial charge in [-0.25, -0.2) is 0 Å². The topological polar surface area (TPSA) is 73.0 Å². The molecule has 1 amide bonds. The summed E-state index contributed by atoms with van der Waals surface area (Å²) in [7, 11) is 0. The Bertz CT molecular complexity index is 976. The lowest BCUT2D eigenvalue weighted by Gasteiger charge is -2.16. The summed E-state index contributed by atoms with van der Waals surface area (Å²) < 4.78 is 7.60. The number of carbonyl (C=O) groups is 1. The van der Waals surface area contributed by atoms with E-state index in [1.165, 1.54) is 17.3 Å². The lowest BCUT2D eigenvalue weighted by Crippen LogP contribution is -2.33. The highest BCUT2D eigenvalue weighted by Gasteiger charge is 2.44. The molecule has 0 atom stereocenters. The van der Waals surface area contributed by atoms with Crippen LogP contribution < -0.4 is 5.32 Å². The summed E-state index contributed by atoms with van der Waals surface area (Å²) in [6.45, 7) is 1.30. The molecule has 29 heavy (non-hydrogen) atoms. The number of hydrogen-bond donors (Lipinski definition) is 1. The molecular weight excluding hydrogens is 384 g/mol. The van der Waals surface area contributed by atoms with Crippen LogP contribution in [-0.2, 0) is 16.8 Å². The Morgan fingerprint density at radius 1 is 1.17 bits per heavy atom. The first-order valence-electron chi connectivity index (χ1n) is 10.1. The largest absolute Gasteiger partial charge is 0.467 e. The fourth-order valence-corrected chi connectivity index (χ4v) is 4.49. The highest BCUT2D eigenvalue weighted by molar-refractivity contribution is 7.99. The van der Waals surface area contributed by atoms with Gasteiger partial charge in [0.1, 0.15) is 11.6 Å². The maximum absolute atomic E-state index is 12.5. The number of furan rings is 1. The molecule has 5 rings (SSSR count). The molecule has 1 N–H and O–H groups in total. The number of carbonyl (C=O) groups excluding carboxylic acids is 1. The van der Waals surface area contributed by atoms with Gasteiger partial charge in [-0.1, -0.05) is 42.1 Å². The average Bonchev–Trinajstić information content (AvgIpc) is 3.66. The fraction of sp³-hybridized carbons (Fsp3) is 0.409. The zero-order valence-corrected chi connectivity index (χ0v) is 17.0. The molecular formula is C22H24N4O2S. The fourth-order valence-electron chi connectivity index (χ4n) is 3.72. The quantitative estimate of drug-likeness (QED) is 0.546. The second-order valence-electron chi connectivity index (χ2n) is 7.99. The second kappa shape index (κ2) is 7.71. The normalized spacial score (nSPS) is 17.2. The molecule has 0 radical (unpaired) electrons. The van der Waals surface area contributed by atoms with Crippen molar-refractivity contribution >= 4 is 17.7 Å². The molecule has 2 fully saturated rings. The third-order valence-electron chi connectivity index (χ3n) is 5.78. The molecule has 2 aliphatic carbocycles. The Balaban J connectivity index is 1.20. The third-order valence-corrected chi connectivity index (χ3v) is 6.74. The minimum absolute atomic E-state index is 0.0396. The molecule has 2 aromatic heterocycles. The molecule has 2 heterocycles. The molecule has 3 aromatic rings. The van der Waals surface area contributed by atoms with Crippen molar-refractivity contribution in [2.24, 2.45) is 0 Å². The van der Waals surface area contributed by atoms with Gasteiger partial charge in [-0.15, -0.1) is 10.2 Å². The Hall–Kier alpha value is -2.54. The van der Waals surface area contributed by atoms with E-state index in [0.717, 1.165) is 42.4 Å². The predicted molar refractivity (Wildman–Crippen MR) is 111 cm³/mol. The van der Waals surface area contributed by atoms with Crippen LogP contribution in [0.15, 0.2) is 58.3 Å². The summed E-state index contributed by atoms with van der Waals surface area (Å²) in [5, 5.41) is 12.6. The maximum Gasteiger partial charge on any atom is 0.230 e. The van der Waals surface area contributed by atoms with Gasteiger partial charge in [0.25, 0.3) is 0 Å². The van der Waals surface area contributed by atoms with Crippen LogP contribution in [0.3, 0.4) is 0 Å². The second-order valence-corrected chi connectivity index (χ2v) is 8.93. The SMILES string of the molecule is O=C(CSc1nnc(C2CC2)n1Cc1ccco1)NCC1(c2ccccc2)CC1. The Labute approximate surface area is 174 Å². The number of nitrogens with one attached hydrogen (secondary N) is 1. The Morgan fingerprint density at radius 2 is 2.00 bits per heavy atom.